The van der Waals surface area contributed by atoms with Crippen molar-refractivity contribution >= 4 is 42.4 Å². The van der Waals surface area contributed by atoms with E-state index in [-0.39, 0.29) is 23.3 Å². The molecular formula is C22H24N2O4S2. The smallest absolute Gasteiger partial charge is 0.233 e. The Morgan fingerprint density at radius 3 is 2.67 bits per heavy atom. The molecule has 0 N–H and O–H groups in total. The molecule has 0 spiro atoms. The van der Waals surface area contributed by atoms with Crippen LogP contribution in [0.15, 0.2) is 47.4 Å². The van der Waals surface area contributed by atoms with Crippen LogP contribution in [0.5, 0.6) is 0 Å². The lowest BCUT2D eigenvalue weighted by Gasteiger charge is -2.23. The van der Waals surface area contributed by atoms with Gasteiger partial charge in [-0.3, -0.25) is 9.69 Å². The number of aryl methyl sites for hydroxylation is 1. The molecule has 1 unspecified atom stereocenters. The molecule has 158 valence electrons. The van der Waals surface area contributed by atoms with Gasteiger partial charge >= 0.3 is 0 Å². The van der Waals surface area contributed by atoms with Crippen LogP contribution in [-0.2, 0) is 25.8 Å². The van der Waals surface area contributed by atoms with E-state index in [4.69, 9.17) is 9.72 Å². The highest BCUT2D eigenvalue weighted by atomic mass is 32.2. The van der Waals surface area contributed by atoms with Gasteiger partial charge in [-0.25, -0.2) is 13.4 Å². The first kappa shape index (κ1) is 21.0. The van der Waals surface area contributed by atoms with Crippen LogP contribution in [0.1, 0.15) is 24.0 Å². The second-order valence-corrected chi connectivity index (χ2v) is 10.7. The first-order chi connectivity index (χ1) is 14.3. The van der Waals surface area contributed by atoms with Gasteiger partial charge in [-0.2, -0.15) is 0 Å². The fourth-order valence-corrected chi connectivity index (χ4v) is 5.26. The molecule has 1 atom stereocenters. The summed E-state index contributed by atoms with van der Waals surface area (Å²) in [4.78, 5) is 19.9. The third kappa shape index (κ3) is 4.71. The van der Waals surface area contributed by atoms with E-state index < -0.39 is 9.84 Å². The number of fused-ring (bicyclic) bond motifs is 1. The van der Waals surface area contributed by atoms with Gasteiger partial charge < -0.3 is 4.74 Å². The number of sulfone groups is 1. The second kappa shape index (κ2) is 8.45. The Morgan fingerprint density at radius 2 is 2.00 bits per heavy atom. The van der Waals surface area contributed by atoms with Crippen molar-refractivity contribution in [3.63, 3.8) is 0 Å². The lowest BCUT2D eigenvalue weighted by molar-refractivity contribution is -0.118. The van der Waals surface area contributed by atoms with Crippen molar-refractivity contribution in [2.45, 2.75) is 37.2 Å². The number of ether oxygens (including phenoxy) is 1. The Bertz CT molecular complexity index is 1160. The summed E-state index contributed by atoms with van der Waals surface area (Å²) in [6.07, 6.45) is 3.28. The number of amides is 1. The Labute approximate surface area is 180 Å². The quantitative estimate of drug-likeness (QED) is 0.579. The predicted octanol–water partition coefficient (Wildman–Crippen LogP) is 3.76. The second-order valence-electron chi connectivity index (χ2n) is 7.70. The highest BCUT2D eigenvalue weighted by Crippen LogP contribution is 2.31. The van der Waals surface area contributed by atoms with E-state index in [0.29, 0.717) is 11.7 Å². The Kier molecular flexibility index (Phi) is 5.90. The monoisotopic (exact) mass is 444 g/mol. The van der Waals surface area contributed by atoms with Crippen molar-refractivity contribution in [2.75, 3.05) is 24.3 Å². The molecule has 3 aromatic rings. The number of rotatable bonds is 6. The van der Waals surface area contributed by atoms with E-state index in [9.17, 15) is 13.2 Å². The first-order valence-corrected chi connectivity index (χ1v) is 12.6. The van der Waals surface area contributed by atoms with Gasteiger partial charge in [0.25, 0.3) is 0 Å². The normalized spacial score (nSPS) is 16.8. The molecule has 0 radical (unpaired) electrons. The minimum absolute atomic E-state index is 0.00955. The zero-order valence-corrected chi connectivity index (χ0v) is 18.6. The zero-order valence-electron chi connectivity index (χ0n) is 17.0. The molecule has 1 fully saturated rings. The molecule has 30 heavy (non-hydrogen) atoms. The van der Waals surface area contributed by atoms with Crippen LogP contribution in [0.4, 0.5) is 5.13 Å². The molecule has 0 bridgehead atoms. The molecule has 1 saturated heterocycles. The Balaban J connectivity index is 1.60. The average Bonchev–Trinajstić information content (AvgIpc) is 3.34. The van der Waals surface area contributed by atoms with Crippen molar-refractivity contribution in [1.82, 2.24) is 4.98 Å². The van der Waals surface area contributed by atoms with Gasteiger partial charge in [0.15, 0.2) is 15.0 Å². The van der Waals surface area contributed by atoms with Crippen LogP contribution in [-0.4, -0.2) is 44.8 Å². The summed E-state index contributed by atoms with van der Waals surface area (Å²) in [5.41, 5.74) is 2.80. The molecule has 2 heterocycles. The summed E-state index contributed by atoms with van der Waals surface area (Å²) >= 11 is 1.51. The summed E-state index contributed by atoms with van der Waals surface area (Å²) in [6.45, 7) is 3.23. The van der Waals surface area contributed by atoms with Gasteiger partial charge in [0, 0.05) is 12.9 Å². The van der Waals surface area contributed by atoms with Gasteiger partial charge in [0.2, 0.25) is 5.91 Å². The average molecular weight is 445 g/mol. The number of carbonyl (C=O) groups excluding carboxylic acids is 1. The number of thiazole rings is 1. The van der Waals surface area contributed by atoms with E-state index in [1.807, 2.05) is 19.1 Å². The number of carbonyl (C=O) groups is 1. The minimum atomic E-state index is -3.26. The number of hydrogen-bond acceptors (Lipinski definition) is 6. The molecule has 8 heteroatoms. The van der Waals surface area contributed by atoms with E-state index in [1.54, 1.807) is 29.2 Å². The van der Waals surface area contributed by atoms with Crippen molar-refractivity contribution in [2.24, 2.45) is 0 Å². The predicted molar refractivity (Wildman–Crippen MR) is 119 cm³/mol. The highest BCUT2D eigenvalue weighted by Gasteiger charge is 2.26. The van der Waals surface area contributed by atoms with Crippen molar-refractivity contribution in [3.05, 3.63) is 53.6 Å². The summed E-state index contributed by atoms with van der Waals surface area (Å²) in [5, 5.41) is 0.670. The van der Waals surface area contributed by atoms with Crippen molar-refractivity contribution < 1.29 is 17.9 Å². The maximum absolute atomic E-state index is 13.2. The van der Waals surface area contributed by atoms with E-state index >= 15 is 0 Å². The molecule has 6 nitrogen and oxygen atoms in total. The van der Waals surface area contributed by atoms with Gasteiger partial charge in [0.1, 0.15) is 0 Å². The number of hydrogen-bond donors (Lipinski definition) is 0. The van der Waals surface area contributed by atoms with Crippen molar-refractivity contribution in [1.29, 1.82) is 0 Å². The van der Waals surface area contributed by atoms with Gasteiger partial charge in [-0.15, -0.1) is 0 Å². The number of aromatic nitrogens is 1. The number of anilines is 1. The van der Waals surface area contributed by atoms with Gasteiger partial charge in [-0.05, 0) is 55.2 Å². The Hall–Kier alpha value is -2.29. The SMILES string of the molecule is Cc1ccc2nc(N(CC3CCCO3)C(=O)Cc3ccc(S(C)(=O)=O)cc3)sc2c1. The van der Waals surface area contributed by atoms with Gasteiger partial charge in [-0.1, -0.05) is 29.5 Å². The van der Waals surface area contributed by atoms with E-state index in [1.165, 1.54) is 17.6 Å². The Morgan fingerprint density at radius 1 is 1.23 bits per heavy atom. The topological polar surface area (TPSA) is 76.6 Å². The summed E-state index contributed by atoms with van der Waals surface area (Å²) in [6, 6.07) is 12.5. The summed E-state index contributed by atoms with van der Waals surface area (Å²) < 4.78 is 30.1. The van der Waals surface area contributed by atoms with Gasteiger partial charge in [0.05, 0.1) is 34.2 Å². The van der Waals surface area contributed by atoms with Crippen LogP contribution < -0.4 is 4.90 Å². The van der Waals surface area contributed by atoms with Crippen LogP contribution in [0.3, 0.4) is 0 Å². The fourth-order valence-electron chi connectivity index (χ4n) is 3.54. The molecule has 2 aromatic carbocycles. The highest BCUT2D eigenvalue weighted by molar-refractivity contribution is 7.90. The lowest BCUT2D eigenvalue weighted by Crippen LogP contribution is -2.38. The molecule has 0 aliphatic carbocycles. The van der Waals surface area contributed by atoms with Crippen LogP contribution in [0, 0.1) is 6.92 Å². The van der Waals surface area contributed by atoms with Crippen molar-refractivity contribution in [3.8, 4) is 0 Å². The molecule has 1 aliphatic heterocycles. The van der Waals surface area contributed by atoms with Crippen LogP contribution in [0.25, 0.3) is 10.2 Å². The number of benzene rings is 2. The summed E-state index contributed by atoms with van der Waals surface area (Å²) in [5.74, 6) is -0.0756. The third-order valence-electron chi connectivity index (χ3n) is 5.18. The molecule has 4 rings (SSSR count). The van der Waals surface area contributed by atoms with E-state index in [0.717, 1.165) is 40.8 Å². The molecule has 0 saturated carbocycles. The summed E-state index contributed by atoms with van der Waals surface area (Å²) in [7, 11) is -3.26. The molecular weight excluding hydrogens is 420 g/mol. The van der Waals surface area contributed by atoms with Crippen LogP contribution >= 0.6 is 11.3 Å². The van der Waals surface area contributed by atoms with E-state index in [2.05, 4.69) is 6.07 Å². The largest absolute Gasteiger partial charge is 0.376 e. The third-order valence-corrected chi connectivity index (χ3v) is 7.35. The molecule has 1 amide bonds. The van der Waals surface area contributed by atoms with Crippen LogP contribution in [0.2, 0.25) is 0 Å². The minimum Gasteiger partial charge on any atom is -0.376 e. The zero-order chi connectivity index (χ0) is 21.3. The maximum atomic E-state index is 13.2. The fraction of sp³-hybridized carbons (Fsp3) is 0.364. The molecule has 1 aromatic heterocycles. The standard InChI is InChI=1S/C22H24N2O4S2/c1-15-5-10-19-20(12-15)29-22(23-19)24(14-17-4-3-11-28-17)21(25)13-16-6-8-18(9-7-16)30(2,26)27/h5-10,12,17H,3-4,11,13-14H2,1-2H3. The molecule has 1 aliphatic rings. The maximum Gasteiger partial charge on any atom is 0.233 e. The lowest BCUT2D eigenvalue weighted by atomic mass is 10.1. The first-order valence-electron chi connectivity index (χ1n) is 9.88. The number of nitrogens with zero attached hydrogens (tertiary/aromatic N) is 2.